The van der Waals surface area contributed by atoms with E-state index in [0.717, 1.165) is 6.08 Å². The van der Waals surface area contributed by atoms with Crippen LogP contribution in [0.1, 0.15) is 5.56 Å². The number of carbonyl (C=O) groups is 2. The van der Waals surface area contributed by atoms with Crippen LogP contribution in [-0.4, -0.2) is 45.4 Å². The second kappa shape index (κ2) is 11.1. The molecule has 0 heterocycles. The fourth-order valence-corrected chi connectivity index (χ4v) is 2.64. The molecule has 0 bridgehead atoms. The van der Waals surface area contributed by atoms with Crippen LogP contribution in [-0.2, 0) is 9.59 Å². The average Bonchev–Trinajstić information content (AvgIpc) is 2.77. The predicted molar refractivity (Wildman–Crippen MR) is 117 cm³/mol. The molecule has 2 aromatic carbocycles. The van der Waals surface area contributed by atoms with E-state index >= 15 is 0 Å². The number of benzene rings is 2. The number of nitrogens with one attached hydrogen (secondary N) is 2. The van der Waals surface area contributed by atoms with E-state index in [2.05, 4.69) is 10.6 Å². The maximum absolute atomic E-state index is 12.4. The maximum Gasteiger partial charge on any atom is 0.329 e. The molecule has 1 amide bonds. The van der Waals surface area contributed by atoms with Gasteiger partial charge in [0, 0.05) is 36.2 Å². The zero-order chi connectivity index (χ0) is 22.8. The summed E-state index contributed by atoms with van der Waals surface area (Å²) in [6, 6.07) is 8.29. The first-order valence-electron chi connectivity index (χ1n) is 9.05. The zero-order valence-electron chi connectivity index (χ0n) is 17.6. The van der Waals surface area contributed by atoms with Gasteiger partial charge in [-0.3, -0.25) is 4.79 Å². The minimum Gasteiger partial charge on any atom is -0.496 e. The van der Waals surface area contributed by atoms with Crippen LogP contribution in [0.15, 0.2) is 48.7 Å². The van der Waals surface area contributed by atoms with Crippen LogP contribution in [0.4, 0.5) is 11.4 Å². The number of carbonyl (C=O) groups excluding carboxylic acids is 1. The Balaban J connectivity index is 2.21. The molecule has 0 unspecified atom stereocenters. The Bertz CT molecular complexity index is 974. The van der Waals surface area contributed by atoms with E-state index in [1.54, 1.807) is 36.4 Å². The van der Waals surface area contributed by atoms with Crippen molar-refractivity contribution in [3.8, 4) is 23.0 Å². The van der Waals surface area contributed by atoms with Crippen molar-refractivity contribution < 1.29 is 33.6 Å². The highest BCUT2D eigenvalue weighted by atomic mass is 16.5. The number of hydrogen-bond acceptors (Lipinski definition) is 7. The number of methoxy groups -OCH3 is 4. The molecule has 0 aliphatic rings. The van der Waals surface area contributed by atoms with Crippen molar-refractivity contribution in [2.45, 2.75) is 0 Å². The standard InChI is InChI=1S/C22H24N2O7/c1-28-15-12-19(30-3)16(20(13-15)31-4)6-8-21(25)24-14-5-7-18(29-2)17(11-14)23-10-9-22(26)27/h5-13,23H,1-4H3,(H,24,25)(H,26,27)/b8-6+,10-9?. The molecule has 0 fully saturated rings. The minimum atomic E-state index is -1.09. The summed E-state index contributed by atoms with van der Waals surface area (Å²) in [4.78, 5) is 23.1. The van der Waals surface area contributed by atoms with Gasteiger partial charge in [0.25, 0.3) is 0 Å². The summed E-state index contributed by atoms with van der Waals surface area (Å²) < 4.78 is 21.2. The lowest BCUT2D eigenvalue weighted by molar-refractivity contribution is -0.131. The van der Waals surface area contributed by atoms with Gasteiger partial charge in [-0.05, 0) is 24.3 Å². The van der Waals surface area contributed by atoms with Crippen LogP contribution in [0.2, 0.25) is 0 Å². The topological polar surface area (TPSA) is 115 Å². The van der Waals surface area contributed by atoms with Gasteiger partial charge in [0.15, 0.2) is 0 Å². The molecule has 0 saturated heterocycles. The molecule has 3 N–H and O–H groups in total. The molecule has 0 aromatic heterocycles. The van der Waals surface area contributed by atoms with Crippen LogP contribution >= 0.6 is 0 Å². The predicted octanol–water partition coefficient (Wildman–Crippen LogP) is 3.38. The number of aliphatic carboxylic acids is 1. The molecule has 9 nitrogen and oxygen atoms in total. The lowest BCUT2D eigenvalue weighted by Crippen LogP contribution is -2.08. The van der Waals surface area contributed by atoms with Crippen molar-refractivity contribution in [2.24, 2.45) is 0 Å². The van der Waals surface area contributed by atoms with Gasteiger partial charge in [0.2, 0.25) is 5.91 Å². The monoisotopic (exact) mass is 428 g/mol. The van der Waals surface area contributed by atoms with Crippen molar-refractivity contribution in [2.75, 3.05) is 39.1 Å². The number of carboxylic acids is 1. The first-order chi connectivity index (χ1) is 14.9. The molecule has 2 aromatic rings. The molecule has 0 aliphatic heterocycles. The summed E-state index contributed by atoms with van der Waals surface area (Å²) in [6.45, 7) is 0. The lowest BCUT2D eigenvalue weighted by Gasteiger charge is -2.13. The minimum absolute atomic E-state index is 0.392. The molecule has 9 heteroatoms. The Kier molecular flexibility index (Phi) is 8.32. The molecule has 0 aliphatic carbocycles. The maximum atomic E-state index is 12.4. The molecule has 0 radical (unpaired) electrons. The summed E-state index contributed by atoms with van der Waals surface area (Å²) in [5.41, 5.74) is 1.55. The molecular weight excluding hydrogens is 404 g/mol. The normalized spacial score (nSPS) is 10.7. The van der Waals surface area contributed by atoms with E-state index < -0.39 is 11.9 Å². The van der Waals surface area contributed by atoms with Crippen LogP contribution in [0, 0.1) is 0 Å². The van der Waals surface area contributed by atoms with E-state index in [1.165, 1.54) is 40.7 Å². The summed E-state index contributed by atoms with van der Waals surface area (Å²) in [5.74, 6) is 0.534. The molecule has 0 spiro atoms. The highest BCUT2D eigenvalue weighted by molar-refractivity contribution is 6.02. The van der Waals surface area contributed by atoms with Crippen LogP contribution in [0.25, 0.3) is 6.08 Å². The van der Waals surface area contributed by atoms with Crippen LogP contribution < -0.4 is 29.6 Å². The Morgan fingerprint density at radius 3 is 2.06 bits per heavy atom. The van der Waals surface area contributed by atoms with Crippen molar-refractivity contribution in [1.82, 2.24) is 0 Å². The Labute approximate surface area is 179 Å². The van der Waals surface area contributed by atoms with E-state index in [-0.39, 0.29) is 0 Å². The second-order valence-electron chi connectivity index (χ2n) is 6.00. The fraction of sp³-hybridized carbons (Fsp3) is 0.182. The molecule has 0 saturated carbocycles. The highest BCUT2D eigenvalue weighted by Gasteiger charge is 2.11. The van der Waals surface area contributed by atoms with Crippen molar-refractivity contribution >= 4 is 29.3 Å². The third-order valence-corrected chi connectivity index (χ3v) is 4.09. The van der Waals surface area contributed by atoms with Crippen LogP contribution in [0.5, 0.6) is 23.0 Å². The lowest BCUT2D eigenvalue weighted by atomic mass is 10.1. The van der Waals surface area contributed by atoms with E-state index in [0.29, 0.717) is 39.9 Å². The van der Waals surface area contributed by atoms with Gasteiger partial charge in [0.1, 0.15) is 23.0 Å². The smallest absolute Gasteiger partial charge is 0.329 e. The first kappa shape index (κ1) is 23.1. The number of carboxylic acid groups (broad SMARTS) is 1. The van der Waals surface area contributed by atoms with Crippen LogP contribution in [0.3, 0.4) is 0 Å². The quantitative estimate of drug-likeness (QED) is 0.494. The van der Waals surface area contributed by atoms with Gasteiger partial charge >= 0.3 is 5.97 Å². The summed E-state index contributed by atoms with van der Waals surface area (Å²) in [6.07, 6.45) is 5.12. The Morgan fingerprint density at radius 2 is 1.52 bits per heavy atom. The summed E-state index contributed by atoms with van der Waals surface area (Å²) in [7, 11) is 6.04. The molecule has 2 rings (SSSR count). The number of amides is 1. The third kappa shape index (κ3) is 6.43. The summed E-state index contributed by atoms with van der Waals surface area (Å²) in [5, 5.41) is 14.2. The first-order valence-corrected chi connectivity index (χ1v) is 9.05. The molecule has 31 heavy (non-hydrogen) atoms. The van der Waals surface area contributed by atoms with Gasteiger partial charge in [-0.25, -0.2) is 4.79 Å². The average molecular weight is 428 g/mol. The van der Waals surface area contributed by atoms with E-state index in [1.807, 2.05) is 0 Å². The SMILES string of the molecule is COc1cc(OC)c(/C=C/C(=O)Nc2ccc(OC)c(NC=CC(=O)O)c2)c(OC)c1. The largest absolute Gasteiger partial charge is 0.496 e. The number of anilines is 2. The molecule has 0 atom stereocenters. The van der Waals surface area contributed by atoms with E-state index in [4.69, 9.17) is 24.1 Å². The number of ether oxygens (including phenoxy) is 4. The van der Waals surface area contributed by atoms with Crippen molar-refractivity contribution in [1.29, 1.82) is 0 Å². The number of rotatable bonds is 10. The highest BCUT2D eigenvalue weighted by Crippen LogP contribution is 2.35. The second-order valence-corrected chi connectivity index (χ2v) is 6.00. The van der Waals surface area contributed by atoms with Gasteiger partial charge in [-0.2, -0.15) is 0 Å². The van der Waals surface area contributed by atoms with Gasteiger partial charge < -0.3 is 34.7 Å². The number of hydrogen-bond donors (Lipinski definition) is 3. The van der Waals surface area contributed by atoms with Gasteiger partial charge in [-0.1, -0.05) is 0 Å². The zero-order valence-corrected chi connectivity index (χ0v) is 17.6. The molecule has 164 valence electrons. The third-order valence-electron chi connectivity index (χ3n) is 4.09. The van der Waals surface area contributed by atoms with Gasteiger partial charge in [-0.15, -0.1) is 0 Å². The Morgan fingerprint density at radius 1 is 0.871 bits per heavy atom. The molecular formula is C22H24N2O7. The summed E-state index contributed by atoms with van der Waals surface area (Å²) >= 11 is 0. The van der Waals surface area contributed by atoms with Crippen molar-refractivity contribution in [3.05, 3.63) is 54.2 Å². The Hall–Kier alpha value is -4.14. The van der Waals surface area contributed by atoms with Gasteiger partial charge in [0.05, 0.1) is 39.7 Å². The van der Waals surface area contributed by atoms with E-state index in [9.17, 15) is 9.59 Å². The van der Waals surface area contributed by atoms with Crippen molar-refractivity contribution in [3.63, 3.8) is 0 Å². The fourth-order valence-electron chi connectivity index (χ4n) is 2.64.